The fourth-order valence-corrected chi connectivity index (χ4v) is 0.733. The third-order valence-corrected chi connectivity index (χ3v) is 1.24. The van der Waals surface area contributed by atoms with Gasteiger partial charge in [-0.05, 0) is 0 Å². The molecule has 3 heteroatoms. The molecule has 0 fully saturated rings. The predicted molar refractivity (Wildman–Crippen MR) is 40.5 cm³/mol. The van der Waals surface area contributed by atoms with Crippen LogP contribution in [-0.2, 0) is 4.79 Å². The van der Waals surface area contributed by atoms with E-state index in [0.29, 0.717) is 5.56 Å². The SMILES string of the molecule is O=[C]/C(=N/O)c1ccccc1. The summed E-state index contributed by atoms with van der Waals surface area (Å²) in [6.07, 6.45) is 1.52. The molecule has 0 aliphatic rings. The molecule has 0 amide bonds. The molecule has 0 aromatic heterocycles. The molecule has 1 rings (SSSR count). The van der Waals surface area contributed by atoms with Gasteiger partial charge in [0.15, 0.2) is 5.71 Å². The van der Waals surface area contributed by atoms with Gasteiger partial charge in [-0.2, -0.15) is 0 Å². The van der Waals surface area contributed by atoms with Gasteiger partial charge >= 0.3 is 0 Å². The Morgan fingerprint density at radius 2 is 2.00 bits per heavy atom. The topological polar surface area (TPSA) is 49.7 Å². The Kier molecular flexibility index (Phi) is 2.38. The first kappa shape index (κ1) is 7.47. The first-order valence-corrected chi connectivity index (χ1v) is 3.04. The lowest BCUT2D eigenvalue weighted by molar-refractivity contribution is 0.320. The van der Waals surface area contributed by atoms with Gasteiger partial charge in [0.05, 0.1) is 0 Å². The summed E-state index contributed by atoms with van der Waals surface area (Å²) in [5, 5.41) is 11.1. The molecule has 1 aromatic rings. The van der Waals surface area contributed by atoms with Crippen molar-refractivity contribution in [3.63, 3.8) is 0 Å². The zero-order valence-electron chi connectivity index (χ0n) is 5.69. The van der Waals surface area contributed by atoms with Crippen LogP contribution in [0.3, 0.4) is 0 Å². The van der Waals surface area contributed by atoms with E-state index in [4.69, 9.17) is 5.21 Å². The maximum Gasteiger partial charge on any atom is 0.257 e. The summed E-state index contributed by atoms with van der Waals surface area (Å²) in [5.74, 6) is 0. The summed E-state index contributed by atoms with van der Waals surface area (Å²) >= 11 is 0. The second kappa shape index (κ2) is 3.51. The van der Waals surface area contributed by atoms with E-state index in [0.717, 1.165) is 0 Å². The fraction of sp³-hybridized carbons (Fsp3) is 0. The number of benzene rings is 1. The Hall–Kier alpha value is -1.64. The van der Waals surface area contributed by atoms with Crippen LogP contribution >= 0.6 is 0 Å². The summed E-state index contributed by atoms with van der Waals surface area (Å²) in [5.41, 5.74) is 0.482. The number of oxime groups is 1. The highest BCUT2D eigenvalue weighted by Gasteiger charge is 2.00. The van der Waals surface area contributed by atoms with Gasteiger partial charge in [0.25, 0.3) is 6.29 Å². The molecule has 0 spiro atoms. The van der Waals surface area contributed by atoms with E-state index in [1.165, 1.54) is 6.29 Å². The monoisotopic (exact) mass is 148 g/mol. The molecule has 0 bridgehead atoms. The van der Waals surface area contributed by atoms with Gasteiger partial charge in [0.2, 0.25) is 0 Å². The number of rotatable bonds is 2. The second-order valence-electron chi connectivity index (χ2n) is 1.92. The lowest BCUT2D eigenvalue weighted by Crippen LogP contribution is -2.00. The molecule has 0 unspecified atom stereocenters. The molecule has 0 saturated carbocycles. The highest BCUT2D eigenvalue weighted by Crippen LogP contribution is 1.98. The molecule has 0 aliphatic carbocycles. The van der Waals surface area contributed by atoms with Crippen molar-refractivity contribution in [3.05, 3.63) is 35.9 Å². The zero-order chi connectivity index (χ0) is 8.10. The lowest BCUT2D eigenvalue weighted by atomic mass is 10.1. The van der Waals surface area contributed by atoms with Crippen LogP contribution in [0.5, 0.6) is 0 Å². The van der Waals surface area contributed by atoms with E-state index >= 15 is 0 Å². The standard InChI is InChI=1S/C8H6NO2/c10-6-8(9-11)7-4-2-1-3-5-7/h1-5,11H/b9-8-. The van der Waals surface area contributed by atoms with Gasteiger partial charge < -0.3 is 5.21 Å². The van der Waals surface area contributed by atoms with E-state index in [9.17, 15) is 4.79 Å². The first-order chi connectivity index (χ1) is 5.38. The van der Waals surface area contributed by atoms with Crippen molar-refractivity contribution in [1.29, 1.82) is 0 Å². The molecule has 3 nitrogen and oxygen atoms in total. The van der Waals surface area contributed by atoms with E-state index in [1.54, 1.807) is 24.3 Å². The number of nitrogens with zero attached hydrogens (tertiary/aromatic N) is 1. The Morgan fingerprint density at radius 1 is 1.36 bits per heavy atom. The van der Waals surface area contributed by atoms with Gasteiger partial charge in [0, 0.05) is 5.56 Å². The zero-order valence-corrected chi connectivity index (χ0v) is 5.69. The van der Waals surface area contributed by atoms with Crippen molar-refractivity contribution in [2.75, 3.05) is 0 Å². The minimum Gasteiger partial charge on any atom is -0.410 e. The van der Waals surface area contributed by atoms with Crippen molar-refractivity contribution in [2.45, 2.75) is 0 Å². The van der Waals surface area contributed by atoms with Gasteiger partial charge in [0.1, 0.15) is 0 Å². The third-order valence-electron chi connectivity index (χ3n) is 1.24. The van der Waals surface area contributed by atoms with Gasteiger partial charge in [-0.15, -0.1) is 0 Å². The highest BCUT2D eigenvalue weighted by atomic mass is 16.4. The smallest absolute Gasteiger partial charge is 0.257 e. The Bertz CT molecular complexity index is 267. The minimum absolute atomic E-state index is 0.0781. The summed E-state index contributed by atoms with van der Waals surface area (Å²) in [4.78, 5) is 10.1. The molecule has 55 valence electrons. The van der Waals surface area contributed by atoms with Crippen LogP contribution in [0.15, 0.2) is 35.5 Å². The molecule has 1 aromatic carbocycles. The van der Waals surface area contributed by atoms with E-state index < -0.39 is 0 Å². The van der Waals surface area contributed by atoms with Crippen molar-refractivity contribution >= 4 is 12.0 Å². The summed E-state index contributed by atoms with van der Waals surface area (Å²) in [7, 11) is 0. The fourth-order valence-electron chi connectivity index (χ4n) is 0.733. The van der Waals surface area contributed by atoms with Crippen LogP contribution in [0.25, 0.3) is 0 Å². The number of carbonyl (C=O) groups excluding carboxylic acids is 1. The van der Waals surface area contributed by atoms with Crippen molar-refractivity contribution in [2.24, 2.45) is 5.16 Å². The molecule has 0 saturated heterocycles. The Labute approximate surface area is 64.0 Å². The average molecular weight is 148 g/mol. The van der Waals surface area contributed by atoms with E-state index in [1.807, 2.05) is 6.07 Å². The van der Waals surface area contributed by atoms with Crippen molar-refractivity contribution < 1.29 is 10.0 Å². The number of hydrogen-bond donors (Lipinski definition) is 1. The van der Waals surface area contributed by atoms with E-state index in [-0.39, 0.29) is 5.71 Å². The first-order valence-electron chi connectivity index (χ1n) is 3.04. The summed E-state index contributed by atoms with van der Waals surface area (Å²) < 4.78 is 0. The van der Waals surface area contributed by atoms with Crippen LogP contribution in [-0.4, -0.2) is 17.2 Å². The maximum atomic E-state index is 10.1. The Balaban J connectivity index is 3.01. The molecular formula is C8H6NO2. The molecular weight excluding hydrogens is 142 g/mol. The highest BCUT2D eigenvalue weighted by molar-refractivity contribution is 6.36. The largest absolute Gasteiger partial charge is 0.410 e. The normalized spacial score (nSPS) is 11.1. The minimum atomic E-state index is -0.0781. The summed E-state index contributed by atoms with van der Waals surface area (Å²) in [6, 6.07) is 8.64. The van der Waals surface area contributed by atoms with Crippen molar-refractivity contribution in [3.8, 4) is 0 Å². The quantitative estimate of drug-likeness (QED) is 0.386. The molecule has 0 heterocycles. The second-order valence-corrected chi connectivity index (χ2v) is 1.92. The summed E-state index contributed by atoms with van der Waals surface area (Å²) in [6.45, 7) is 0. The van der Waals surface area contributed by atoms with Crippen molar-refractivity contribution in [1.82, 2.24) is 0 Å². The lowest BCUT2D eigenvalue weighted by Gasteiger charge is -1.92. The van der Waals surface area contributed by atoms with Crippen LogP contribution in [0, 0.1) is 0 Å². The molecule has 1 radical (unpaired) electrons. The maximum absolute atomic E-state index is 10.1. The van der Waals surface area contributed by atoms with Gasteiger partial charge in [-0.1, -0.05) is 35.5 Å². The molecule has 0 aliphatic heterocycles. The third kappa shape index (κ3) is 1.64. The van der Waals surface area contributed by atoms with Gasteiger partial charge in [-0.25, -0.2) is 0 Å². The van der Waals surface area contributed by atoms with Crippen LogP contribution in [0.1, 0.15) is 5.56 Å². The molecule has 0 atom stereocenters. The van der Waals surface area contributed by atoms with Crippen LogP contribution < -0.4 is 0 Å². The Morgan fingerprint density at radius 3 is 2.45 bits per heavy atom. The van der Waals surface area contributed by atoms with Crippen LogP contribution in [0.2, 0.25) is 0 Å². The van der Waals surface area contributed by atoms with Crippen LogP contribution in [0.4, 0.5) is 0 Å². The predicted octanol–water partition coefficient (Wildman–Crippen LogP) is 0.975. The van der Waals surface area contributed by atoms with Gasteiger partial charge in [-0.3, -0.25) is 4.79 Å². The molecule has 11 heavy (non-hydrogen) atoms. The van der Waals surface area contributed by atoms with E-state index in [2.05, 4.69) is 5.16 Å². The average Bonchev–Trinajstić information content (AvgIpc) is 2.09. The molecule has 1 N–H and O–H groups in total. The number of hydrogen-bond acceptors (Lipinski definition) is 3.